The summed E-state index contributed by atoms with van der Waals surface area (Å²) in [5.41, 5.74) is 0. The number of esters is 3. The largest absolute Gasteiger partial charge is 0.462 e. The molecule has 454 valence electrons. The highest BCUT2D eigenvalue weighted by Gasteiger charge is 2.19. The highest BCUT2D eigenvalue weighted by atomic mass is 16.6. The highest BCUT2D eigenvalue weighted by molar-refractivity contribution is 5.71. The number of carbonyl (C=O) groups is 3. The number of hydrogen-bond acceptors (Lipinski definition) is 6. The second-order valence-corrected chi connectivity index (χ2v) is 23.8. The summed E-state index contributed by atoms with van der Waals surface area (Å²) in [6.45, 7) is 6.68. The fourth-order valence-corrected chi connectivity index (χ4v) is 10.7. The van der Waals surface area contributed by atoms with E-state index < -0.39 is 6.10 Å². The number of carbonyl (C=O) groups excluding carboxylic acids is 3. The van der Waals surface area contributed by atoms with Gasteiger partial charge >= 0.3 is 17.9 Å². The normalized spacial score (nSPS) is 12.1. The van der Waals surface area contributed by atoms with E-state index in [-0.39, 0.29) is 31.1 Å². The van der Waals surface area contributed by atoms with Crippen LogP contribution in [0.4, 0.5) is 0 Å². The molecular weight excluding hydrogens is 949 g/mol. The van der Waals surface area contributed by atoms with Crippen LogP contribution >= 0.6 is 0 Å². The van der Waals surface area contributed by atoms with Gasteiger partial charge in [-0.3, -0.25) is 14.4 Å². The molecule has 1 atom stereocenters. The van der Waals surface area contributed by atoms with Crippen molar-refractivity contribution >= 4 is 17.9 Å². The first-order valence-corrected chi connectivity index (χ1v) is 34.8. The molecule has 6 heteroatoms. The molecule has 0 saturated heterocycles. The molecule has 0 aromatic rings. The summed E-state index contributed by atoms with van der Waals surface area (Å²) in [5, 5.41) is 0. The zero-order valence-electron chi connectivity index (χ0n) is 52.3. The molecule has 0 spiro atoms. The Hall–Kier alpha value is -2.11. The maximum atomic E-state index is 12.9. The van der Waals surface area contributed by atoms with Crippen molar-refractivity contribution in [2.24, 2.45) is 0 Å². The average molecular weight is 1080 g/mol. The number of allylic oxidation sites excluding steroid dienone is 4. The molecule has 0 amide bonds. The van der Waals surface area contributed by atoms with Crippen LogP contribution in [0.5, 0.6) is 0 Å². The molecule has 1 unspecified atom stereocenters. The lowest BCUT2D eigenvalue weighted by Gasteiger charge is -2.18. The topological polar surface area (TPSA) is 78.9 Å². The predicted octanol–water partition coefficient (Wildman–Crippen LogP) is 23.8. The molecule has 77 heavy (non-hydrogen) atoms. The van der Waals surface area contributed by atoms with E-state index in [4.69, 9.17) is 14.2 Å². The summed E-state index contributed by atoms with van der Waals surface area (Å²) in [6.07, 6.45) is 80.7. The van der Waals surface area contributed by atoms with Crippen molar-refractivity contribution in [1.29, 1.82) is 0 Å². The highest BCUT2D eigenvalue weighted by Crippen LogP contribution is 2.19. The minimum atomic E-state index is -0.775. The zero-order chi connectivity index (χ0) is 55.7. The first kappa shape index (κ1) is 74.9. The zero-order valence-corrected chi connectivity index (χ0v) is 52.3. The summed E-state index contributed by atoms with van der Waals surface area (Å²) in [7, 11) is 0. The summed E-state index contributed by atoms with van der Waals surface area (Å²) < 4.78 is 16.9. The number of unbranched alkanes of at least 4 members (excludes halogenated alkanes) is 50. The van der Waals surface area contributed by atoms with Crippen LogP contribution in [-0.2, 0) is 28.6 Å². The Morgan fingerprint density at radius 1 is 0.260 bits per heavy atom. The lowest BCUT2D eigenvalue weighted by Crippen LogP contribution is -2.30. The van der Waals surface area contributed by atoms with Crippen LogP contribution < -0.4 is 0 Å². The van der Waals surface area contributed by atoms with Gasteiger partial charge in [-0.1, -0.05) is 347 Å². The van der Waals surface area contributed by atoms with Gasteiger partial charge in [0.1, 0.15) is 13.2 Å². The molecule has 0 aromatic heterocycles. The summed E-state index contributed by atoms with van der Waals surface area (Å²) >= 11 is 0. The van der Waals surface area contributed by atoms with E-state index in [2.05, 4.69) is 45.1 Å². The van der Waals surface area contributed by atoms with Gasteiger partial charge in [0, 0.05) is 19.3 Å². The molecule has 0 N–H and O–H groups in total. The van der Waals surface area contributed by atoms with Crippen LogP contribution in [-0.4, -0.2) is 37.2 Å². The SMILES string of the molecule is CCCCCC/C=C\C/C=C\CCCCCCCC(=O)OC(COC(=O)CCCCCCCCCCCCCCC)COC(=O)CCCCCCCCCCCCCCCCCCCCCCCCCCCCCCCC. The molecule has 0 aliphatic carbocycles. The van der Waals surface area contributed by atoms with E-state index in [1.165, 1.54) is 276 Å². The van der Waals surface area contributed by atoms with Crippen LogP contribution in [0.15, 0.2) is 24.3 Å². The first-order valence-electron chi connectivity index (χ1n) is 34.8. The van der Waals surface area contributed by atoms with Crippen molar-refractivity contribution in [3.8, 4) is 0 Å². The third-order valence-corrected chi connectivity index (χ3v) is 16.0. The van der Waals surface area contributed by atoms with Crippen LogP contribution in [0.3, 0.4) is 0 Å². The van der Waals surface area contributed by atoms with Gasteiger partial charge < -0.3 is 14.2 Å². The van der Waals surface area contributed by atoms with Crippen LogP contribution in [0.2, 0.25) is 0 Å². The van der Waals surface area contributed by atoms with Crippen molar-refractivity contribution < 1.29 is 28.6 Å². The molecule has 0 rings (SSSR count). The summed E-state index contributed by atoms with van der Waals surface area (Å²) in [4.78, 5) is 38.3. The average Bonchev–Trinajstić information content (AvgIpc) is 3.43. The van der Waals surface area contributed by atoms with Crippen molar-refractivity contribution in [1.82, 2.24) is 0 Å². The number of rotatable bonds is 65. The van der Waals surface area contributed by atoms with Gasteiger partial charge in [-0.05, 0) is 51.4 Å². The number of ether oxygens (including phenoxy) is 3. The molecule has 0 aromatic carbocycles. The second kappa shape index (κ2) is 66.4. The van der Waals surface area contributed by atoms with Crippen molar-refractivity contribution in [3.63, 3.8) is 0 Å². The van der Waals surface area contributed by atoms with Crippen molar-refractivity contribution in [3.05, 3.63) is 24.3 Å². The Morgan fingerprint density at radius 3 is 0.727 bits per heavy atom. The molecule has 6 nitrogen and oxygen atoms in total. The summed E-state index contributed by atoms with van der Waals surface area (Å²) in [6, 6.07) is 0. The van der Waals surface area contributed by atoms with Crippen LogP contribution in [0.25, 0.3) is 0 Å². The number of hydrogen-bond donors (Lipinski definition) is 0. The molecule has 0 aliphatic rings. The Bertz CT molecular complexity index is 1240. The first-order chi connectivity index (χ1) is 38.0. The molecular formula is C71H134O6. The van der Waals surface area contributed by atoms with Gasteiger partial charge in [0.25, 0.3) is 0 Å². The van der Waals surface area contributed by atoms with Gasteiger partial charge in [0.15, 0.2) is 6.10 Å². The van der Waals surface area contributed by atoms with E-state index in [0.717, 1.165) is 77.0 Å². The van der Waals surface area contributed by atoms with E-state index in [0.29, 0.717) is 19.3 Å². The molecule has 0 heterocycles. The Kier molecular flexibility index (Phi) is 64.6. The minimum absolute atomic E-state index is 0.0710. The monoisotopic (exact) mass is 1080 g/mol. The third kappa shape index (κ3) is 64.6. The van der Waals surface area contributed by atoms with Gasteiger partial charge in [-0.2, -0.15) is 0 Å². The van der Waals surface area contributed by atoms with Gasteiger partial charge in [-0.15, -0.1) is 0 Å². The smallest absolute Gasteiger partial charge is 0.306 e. The van der Waals surface area contributed by atoms with Gasteiger partial charge in [0.05, 0.1) is 0 Å². The summed E-state index contributed by atoms with van der Waals surface area (Å²) in [5.74, 6) is -0.856. The van der Waals surface area contributed by atoms with E-state index in [1.54, 1.807) is 0 Å². The molecule has 0 aliphatic heterocycles. The maximum absolute atomic E-state index is 12.9. The standard InChI is InChI=1S/C71H134O6/c1-4-7-10-13-16-19-22-25-27-29-30-31-32-33-34-35-36-37-38-39-40-41-42-44-46-49-52-55-58-61-64-70(73)76-67-68(66-75-69(72)63-60-57-54-51-48-45-24-21-18-15-12-9-6-3)77-71(74)65-62-59-56-53-50-47-43-28-26-23-20-17-14-11-8-5-2/h20,23,28,43,68H,4-19,21-22,24-27,29-42,44-67H2,1-3H3/b23-20-,43-28-. The predicted molar refractivity (Wildman–Crippen MR) is 335 cm³/mol. The Balaban J connectivity index is 4.13. The minimum Gasteiger partial charge on any atom is -0.462 e. The molecule has 0 bridgehead atoms. The lowest BCUT2D eigenvalue weighted by molar-refractivity contribution is -0.167. The maximum Gasteiger partial charge on any atom is 0.306 e. The quantitative estimate of drug-likeness (QED) is 0.0261. The van der Waals surface area contributed by atoms with Gasteiger partial charge in [-0.25, -0.2) is 0 Å². The van der Waals surface area contributed by atoms with E-state index >= 15 is 0 Å². The Labute approximate surface area is 481 Å². The molecule has 0 fully saturated rings. The molecule has 0 saturated carbocycles. The van der Waals surface area contributed by atoms with Crippen molar-refractivity contribution in [2.75, 3.05) is 13.2 Å². The third-order valence-electron chi connectivity index (χ3n) is 16.0. The fourth-order valence-electron chi connectivity index (χ4n) is 10.7. The second-order valence-electron chi connectivity index (χ2n) is 23.8. The van der Waals surface area contributed by atoms with Crippen LogP contribution in [0, 0.1) is 0 Å². The van der Waals surface area contributed by atoms with E-state index in [9.17, 15) is 14.4 Å². The van der Waals surface area contributed by atoms with E-state index in [1.807, 2.05) is 0 Å². The fraction of sp³-hybridized carbons (Fsp3) is 0.901. The van der Waals surface area contributed by atoms with Crippen LogP contribution in [0.1, 0.15) is 393 Å². The molecule has 0 radical (unpaired) electrons. The van der Waals surface area contributed by atoms with Crippen molar-refractivity contribution in [2.45, 2.75) is 399 Å². The Morgan fingerprint density at radius 2 is 0.468 bits per heavy atom. The van der Waals surface area contributed by atoms with Gasteiger partial charge in [0.2, 0.25) is 0 Å². The lowest BCUT2D eigenvalue weighted by atomic mass is 10.0.